The second-order valence-electron chi connectivity index (χ2n) is 3.31. The Morgan fingerprint density at radius 2 is 2.36 bits per heavy atom. The molecule has 0 amide bonds. The van der Waals surface area contributed by atoms with E-state index in [1.165, 1.54) is 17.9 Å². The van der Waals surface area contributed by atoms with Gasteiger partial charge in [0.25, 0.3) is 0 Å². The Kier molecular flexibility index (Phi) is 5.80. The van der Waals surface area contributed by atoms with E-state index in [2.05, 4.69) is 41.4 Å². The van der Waals surface area contributed by atoms with E-state index in [0.29, 0.717) is 0 Å². The fourth-order valence-corrected chi connectivity index (χ4v) is 1.91. The van der Waals surface area contributed by atoms with Crippen molar-refractivity contribution in [2.45, 2.75) is 26.4 Å². The fourth-order valence-electron chi connectivity index (χ4n) is 1.48. The van der Waals surface area contributed by atoms with Crippen molar-refractivity contribution in [3.63, 3.8) is 0 Å². The molecule has 1 aromatic rings. The summed E-state index contributed by atoms with van der Waals surface area (Å²) in [6.07, 6.45) is 5.55. The molecule has 0 bridgehead atoms. The number of hydrogen-bond acceptors (Lipinski definition) is 2. The van der Waals surface area contributed by atoms with Gasteiger partial charge in [0.1, 0.15) is 0 Å². The molecule has 0 saturated carbocycles. The van der Waals surface area contributed by atoms with Crippen molar-refractivity contribution in [1.82, 2.24) is 9.88 Å². The first-order valence-electron chi connectivity index (χ1n) is 5.22. The van der Waals surface area contributed by atoms with Crippen LogP contribution in [-0.2, 0) is 13.1 Å². The minimum Gasteiger partial charge on any atom is -0.351 e. The third-order valence-corrected chi connectivity index (χ3v) is 2.97. The molecule has 2 nitrogen and oxygen atoms in total. The third kappa shape index (κ3) is 3.76. The molecule has 3 heteroatoms. The second-order valence-corrected chi connectivity index (χ2v) is 4.29. The van der Waals surface area contributed by atoms with Gasteiger partial charge in [-0.25, -0.2) is 0 Å². The van der Waals surface area contributed by atoms with Crippen LogP contribution >= 0.6 is 11.8 Å². The number of thioether (sulfide) groups is 1. The van der Waals surface area contributed by atoms with Gasteiger partial charge in [0.05, 0.1) is 0 Å². The number of aryl methyl sites for hydroxylation is 1. The molecule has 0 radical (unpaired) electrons. The van der Waals surface area contributed by atoms with Crippen LogP contribution in [0.1, 0.15) is 19.0 Å². The van der Waals surface area contributed by atoms with Crippen LogP contribution in [0.4, 0.5) is 0 Å². The first kappa shape index (κ1) is 11.7. The average Bonchev–Trinajstić information content (AvgIpc) is 2.65. The Morgan fingerprint density at radius 1 is 1.50 bits per heavy atom. The Labute approximate surface area is 91.1 Å². The van der Waals surface area contributed by atoms with Crippen molar-refractivity contribution in [3.05, 3.63) is 24.0 Å². The van der Waals surface area contributed by atoms with Gasteiger partial charge in [-0.1, -0.05) is 0 Å². The van der Waals surface area contributed by atoms with Gasteiger partial charge in [-0.2, -0.15) is 11.8 Å². The normalized spacial score (nSPS) is 10.7. The summed E-state index contributed by atoms with van der Waals surface area (Å²) in [5.74, 6) is 1.25. The van der Waals surface area contributed by atoms with E-state index >= 15 is 0 Å². The summed E-state index contributed by atoms with van der Waals surface area (Å²) in [4.78, 5) is 0. The molecule has 1 rings (SSSR count). The molecule has 0 aliphatic heterocycles. The maximum Gasteiger partial charge on any atom is 0.0359 e. The van der Waals surface area contributed by atoms with Crippen LogP contribution in [0.3, 0.4) is 0 Å². The van der Waals surface area contributed by atoms with Crippen molar-refractivity contribution in [2.75, 3.05) is 18.6 Å². The number of nitrogens with one attached hydrogen (secondary N) is 1. The Balaban J connectivity index is 2.17. The van der Waals surface area contributed by atoms with Crippen molar-refractivity contribution in [3.8, 4) is 0 Å². The van der Waals surface area contributed by atoms with Crippen LogP contribution in [0.2, 0.25) is 0 Å². The molecule has 1 N–H and O–H groups in total. The van der Waals surface area contributed by atoms with Crippen LogP contribution in [0, 0.1) is 0 Å². The lowest BCUT2D eigenvalue weighted by atomic mass is 10.4. The summed E-state index contributed by atoms with van der Waals surface area (Å²) in [6.45, 7) is 5.36. The minimum atomic E-state index is 0.995. The topological polar surface area (TPSA) is 17.0 Å². The monoisotopic (exact) mass is 212 g/mol. The first-order chi connectivity index (χ1) is 6.88. The van der Waals surface area contributed by atoms with Crippen molar-refractivity contribution >= 4 is 11.8 Å². The lowest BCUT2D eigenvalue weighted by molar-refractivity contribution is 0.624. The van der Waals surface area contributed by atoms with Gasteiger partial charge in [-0.3, -0.25) is 0 Å². The summed E-state index contributed by atoms with van der Waals surface area (Å²) in [5, 5.41) is 3.46. The number of nitrogens with zero attached hydrogens (tertiary/aromatic N) is 1. The van der Waals surface area contributed by atoms with Crippen molar-refractivity contribution in [1.29, 1.82) is 0 Å². The fraction of sp³-hybridized carbons (Fsp3) is 0.636. The second kappa shape index (κ2) is 6.96. The highest BCUT2D eigenvalue weighted by molar-refractivity contribution is 7.98. The summed E-state index contributed by atoms with van der Waals surface area (Å²) in [5.41, 5.74) is 1.39. The molecule has 0 atom stereocenters. The molecule has 0 aliphatic rings. The molecule has 80 valence electrons. The highest BCUT2D eigenvalue weighted by Crippen LogP contribution is 2.01. The molecule has 0 unspecified atom stereocenters. The zero-order valence-corrected chi connectivity index (χ0v) is 9.94. The largest absolute Gasteiger partial charge is 0.351 e. The highest BCUT2D eigenvalue weighted by Gasteiger charge is 1.97. The molecule has 0 aromatic carbocycles. The lowest BCUT2D eigenvalue weighted by Crippen LogP contribution is -2.17. The predicted octanol–water partition coefficient (Wildman–Crippen LogP) is 2.35. The zero-order valence-electron chi connectivity index (χ0n) is 9.12. The van der Waals surface area contributed by atoms with Gasteiger partial charge >= 0.3 is 0 Å². The molecule has 0 fully saturated rings. The molecule has 1 aromatic heterocycles. The minimum absolute atomic E-state index is 0.995. The van der Waals surface area contributed by atoms with E-state index in [1.54, 1.807) is 0 Å². The molecule has 0 spiro atoms. The van der Waals surface area contributed by atoms with Gasteiger partial charge in [0.15, 0.2) is 0 Å². The Hall–Kier alpha value is -0.410. The average molecular weight is 212 g/mol. The first-order valence-corrected chi connectivity index (χ1v) is 6.61. The summed E-state index contributed by atoms with van der Waals surface area (Å²) in [7, 11) is 0. The van der Waals surface area contributed by atoms with E-state index < -0.39 is 0 Å². The maximum absolute atomic E-state index is 3.46. The van der Waals surface area contributed by atoms with Crippen LogP contribution in [0.25, 0.3) is 0 Å². The van der Waals surface area contributed by atoms with Crippen molar-refractivity contribution in [2.24, 2.45) is 0 Å². The summed E-state index contributed by atoms with van der Waals surface area (Å²) >= 11 is 1.91. The third-order valence-electron chi connectivity index (χ3n) is 2.27. The standard InChI is InChI=1S/C11H20N2S/c1-3-13-8-4-6-11(13)10-12-7-5-9-14-2/h4,6,8,12H,3,5,7,9-10H2,1-2H3. The zero-order chi connectivity index (χ0) is 10.2. The molecule has 14 heavy (non-hydrogen) atoms. The number of rotatable bonds is 7. The number of aromatic nitrogens is 1. The SMILES string of the molecule is CCn1cccc1CNCCCSC. The van der Waals surface area contributed by atoms with Crippen molar-refractivity contribution < 1.29 is 0 Å². The molecular weight excluding hydrogens is 192 g/mol. The van der Waals surface area contributed by atoms with Crippen LogP contribution in [-0.4, -0.2) is 23.1 Å². The van der Waals surface area contributed by atoms with Crippen LogP contribution < -0.4 is 5.32 Å². The smallest absolute Gasteiger partial charge is 0.0359 e. The summed E-state index contributed by atoms with van der Waals surface area (Å²) < 4.78 is 2.28. The molecule has 0 aliphatic carbocycles. The van der Waals surface area contributed by atoms with E-state index in [4.69, 9.17) is 0 Å². The van der Waals surface area contributed by atoms with Gasteiger partial charge in [0, 0.05) is 25.0 Å². The predicted molar refractivity (Wildman–Crippen MR) is 64.8 cm³/mol. The quantitative estimate of drug-likeness (QED) is 0.699. The van der Waals surface area contributed by atoms with Gasteiger partial charge < -0.3 is 9.88 Å². The van der Waals surface area contributed by atoms with E-state index in [-0.39, 0.29) is 0 Å². The van der Waals surface area contributed by atoms with Gasteiger partial charge in [-0.05, 0) is 44.0 Å². The van der Waals surface area contributed by atoms with Crippen LogP contribution in [0.5, 0.6) is 0 Å². The van der Waals surface area contributed by atoms with E-state index in [9.17, 15) is 0 Å². The van der Waals surface area contributed by atoms with Gasteiger partial charge in [0.2, 0.25) is 0 Å². The van der Waals surface area contributed by atoms with Crippen LogP contribution in [0.15, 0.2) is 18.3 Å². The number of hydrogen-bond donors (Lipinski definition) is 1. The lowest BCUT2D eigenvalue weighted by Gasteiger charge is -2.07. The summed E-state index contributed by atoms with van der Waals surface area (Å²) in [6, 6.07) is 4.30. The highest BCUT2D eigenvalue weighted by atomic mass is 32.2. The maximum atomic E-state index is 3.46. The Bertz CT molecular complexity index is 245. The van der Waals surface area contributed by atoms with E-state index in [1.807, 2.05) is 11.8 Å². The van der Waals surface area contributed by atoms with E-state index in [0.717, 1.165) is 19.6 Å². The molecular formula is C11H20N2S. The molecule has 0 saturated heterocycles. The van der Waals surface area contributed by atoms with Gasteiger partial charge in [-0.15, -0.1) is 0 Å². The molecule has 1 heterocycles. The Morgan fingerprint density at radius 3 is 3.07 bits per heavy atom.